The number of hydrogen-bond donors (Lipinski definition) is 2. The van der Waals surface area contributed by atoms with Crippen LogP contribution in [0.2, 0.25) is 0 Å². The Morgan fingerprint density at radius 3 is 2.09 bits per heavy atom. The molecule has 0 unspecified atom stereocenters. The third kappa shape index (κ3) is 5.68. The molecule has 4 nitrogen and oxygen atoms in total. The first-order valence-corrected chi connectivity index (χ1v) is 7.51. The van der Waals surface area contributed by atoms with Crippen molar-refractivity contribution in [1.29, 1.82) is 0 Å². The van der Waals surface area contributed by atoms with E-state index in [0.29, 0.717) is 6.54 Å². The standard InChI is InChI=1S/C18H22N2O2/c21-18(19-22)12-14-20(15-17-9-5-2-6-10-17)13-11-16-7-3-1-4-8-16/h1-10,22H,11-15H2,(H,19,21). The third-order valence-corrected chi connectivity index (χ3v) is 3.59. The Bertz CT molecular complexity index is 558. The van der Waals surface area contributed by atoms with Gasteiger partial charge >= 0.3 is 0 Å². The lowest BCUT2D eigenvalue weighted by Gasteiger charge is -2.22. The van der Waals surface area contributed by atoms with E-state index in [4.69, 9.17) is 5.21 Å². The minimum Gasteiger partial charge on any atom is -0.298 e. The molecule has 1 amide bonds. The van der Waals surface area contributed by atoms with Crippen LogP contribution in [0, 0.1) is 0 Å². The van der Waals surface area contributed by atoms with Crippen LogP contribution in [0.3, 0.4) is 0 Å². The van der Waals surface area contributed by atoms with Crippen molar-refractivity contribution < 1.29 is 10.0 Å². The largest absolute Gasteiger partial charge is 0.298 e. The Hall–Kier alpha value is -2.17. The lowest BCUT2D eigenvalue weighted by Crippen LogP contribution is -2.31. The first kappa shape index (κ1) is 16.2. The molecular weight excluding hydrogens is 276 g/mol. The van der Waals surface area contributed by atoms with Crippen molar-refractivity contribution in [3.8, 4) is 0 Å². The molecule has 0 aliphatic heterocycles. The molecule has 0 bridgehead atoms. The summed E-state index contributed by atoms with van der Waals surface area (Å²) >= 11 is 0. The maximum atomic E-state index is 11.3. The fourth-order valence-corrected chi connectivity index (χ4v) is 2.36. The molecule has 2 aromatic rings. The molecular formula is C18H22N2O2. The van der Waals surface area contributed by atoms with E-state index in [-0.39, 0.29) is 12.3 Å². The van der Waals surface area contributed by atoms with E-state index in [0.717, 1.165) is 19.5 Å². The van der Waals surface area contributed by atoms with Crippen molar-refractivity contribution in [2.45, 2.75) is 19.4 Å². The van der Waals surface area contributed by atoms with Gasteiger partial charge in [0.2, 0.25) is 5.91 Å². The Labute approximate surface area is 131 Å². The second-order valence-electron chi connectivity index (χ2n) is 5.28. The van der Waals surface area contributed by atoms with Gasteiger partial charge in [0.15, 0.2) is 0 Å². The van der Waals surface area contributed by atoms with E-state index in [1.165, 1.54) is 11.1 Å². The van der Waals surface area contributed by atoms with Crippen molar-refractivity contribution in [1.82, 2.24) is 10.4 Å². The smallest absolute Gasteiger partial charge is 0.244 e. The zero-order chi connectivity index (χ0) is 15.6. The minimum atomic E-state index is -0.349. The van der Waals surface area contributed by atoms with Crippen molar-refractivity contribution in [3.05, 3.63) is 71.8 Å². The Morgan fingerprint density at radius 2 is 1.50 bits per heavy atom. The lowest BCUT2D eigenvalue weighted by molar-refractivity contribution is -0.129. The van der Waals surface area contributed by atoms with Crippen LogP contribution < -0.4 is 5.48 Å². The van der Waals surface area contributed by atoms with Crippen molar-refractivity contribution >= 4 is 5.91 Å². The van der Waals surface area contributed by atoms with E-state index in [9.17, 15) is 4.79 Å². The summed E-state index contributed by atoms with van der Waals surface area (Å²) in [6.07, 6.45) is 1.23. The lowest BCUT2D eigenvalue weighted by atomic mass is 10.1. The highest BCUT2D eigenvalue weighted by Gasteiger charge is 2.09. The predicted molar refractivity (Wildman–Crippen MR) is 86.4 cm³/mol. The van der Waals surface area contributed by atoms with Crippen molar-refractivity contribution in [3.63, 3.8) is 0 Å². The molecule has 0 spiro atoms. The second-order valence-corrected chi connectivity index (χ2v) is 5.28. The van der Waals surface area contributed by atoms with Gasteiger partial charge in [-0.15, -0.1) is 0 Å². The quantitative estimate of drug-likeness (QED) is 0.582. The maximum absolute atomic E-state index is 11.3. The molecule has 0 saturated carbocycles. The minimum absolute atomic E-state index is 0.290. The topological polar surface area (TPSA) is 52.6 Å². The number of nitrogens with one attached hydrogen (secondary N) is 1. The Morgan fingerprint density at radius 1 is 0.909 bits per heavy atom. The Kier molecular flexibility index (Phi) is 6.61. The van der Waals surface area contributed by atoms with E-state index < -0.39 is 0 Å². The molecule has 0 heterocycles. The van der Waals surface area contributed by atoms with Gasteiger partial charge in [0.25, 0.3) is 0 Å². The predicted octanol–water partition coefficient (Wildman–Crippen LogP) is 2.63. The van der Waals surface area contributed by atoms with E-state index in [1.807, 2.05) is 36.4 Å². The molecule has 116 valence electrons. The molecule has 0 atom stereocenters. The molecule has 0 saturated heterocycles. The van der Waals surface area contributed by atoms with Crippen LogP contribution in [0.4, 0.5) is 0 Å². The highest BCUT2D eigenvalue weighted by atomic mass is 16.5. The summed E-state index contributed by atoms with van der Waals surface area (Å²) in [5.74, 6) is -0.349. The van der Waals surface area contributed by atoms with Gasteiger partial charge in [0.1, 0.15) is 0 Å². The molecule has 2 N–H and O–H groups in total. The molecule has 2 aromatic carbocycles. The number of benzene rings is 2. The molecule has 0 radical (unpaired) electrons. The van der Waals surface area contributed by atoms with Gasteiger partial charge in [-0.1, -0.05) is 60.7 Å². The fraction of sp³-hybridized carbons (Fsp3) is 0.278. The van der Waals surface area contributed by atoms with Gasteiger partial charge in [-0.25, -0.2) is 5.48 Å². The van der Waals surface area contributed by atoms with Crippen LogP contribution in [0.1, 0.15) is 17.5 Å². The van der Waals surface area contributed by atoms with Crippen LogP contribution >= 0.6 is 0 Å². The molecule has 0 aromatic heterocycles. The summed E-state index contributed by atoms with van der Waals surface area (Å²) in [7, 11) is 0. The van der Waals surface area contributed by atoms with Gasteiger partial charge in [0, 0.05) is 26.1 Å². The van der Waals surface area contributed by atoms with Crippen LogP contribution in [0.25, 0.3) is 0 Å². The van der Waals surface area contributed by atoms with Crippen LogP contribution in [0.5, 0.6) is 0 Å². The van der Waals surface area contributed by atoms with E-state index in [1.54, 1.807) is 5.48 Å². The maximum Gasteiger partial charge on any atom is 0.244 e. The van der Waals surface area contributed by atoms with Gasteiger partial charge in [0.05, 0.1) is 0 Å². The monoisotopic (exact) mass is 298 g/mol. The molecule has 0 fully saturated rings. The SMILES string of the molecule is O=C(CCN(CCc1ccccc1)Cc1ccccc1)NO. The summed E-state index contributed by atoms with van der Waals surface area (Å²) in [6, 6.07) is 20.5. The summed E-state index contributed by atoms with van der Waals surface area (Å²) in [5, 5.41) is 8.63. The number of nitrogens with zero attached hydrogens (tertiary/aromatic N) is 1. The Balaban J connectivity index is 1.93. The van der Waals surface area contributed by atoms with Gasteiger partial charge in [-0.3, -0.25) is 14.9 Å². The average Bonchev–Trinajstić information content (AvgIpc) is 2.58. The van der Waals surface area contributed by atoms with E-state index in [2.05, 4.69) is 29.2 Å². The molecule has 0 aliphatic rings. The third-order valence-electron chi connectivity index (χ3n) is 3.59. The first-order chi connectivity index (χ1) is 10.8. The highest BCUT2D eigenvalue weighted by Crippen LogP contribution is 2.08. The molecule has 4 heteroatoms. The second kappa shape index (κ2) is 8.97. The van der Waals surface area contributed by atoms with Crippen LogP contribution in [0.15, 0.2) is 60.7 Å². The van der Waals surface area contributed by atoms with Gasteiger partial charge < -0.3 is 0 Å². The van der Waals surface area contributed by atoms with Crippen LogP contribution in [-0.2, 0) is 17.8 Å². The summed E-state index contributed by atoms with van der Waals surface area (Å²) in [5.41, 5.74) is 4.20. The summed E-state index contributed by atoms with van der Waals surface area (Å²) in [6.45, 7) is 2.29. The van der Waals surface area contributed by atoms with E-state index >= 15 is 0 Å². The zero-order valence-electron chi connectivity index (χ0n) is 12.6. The number of hydrogen-bond acceptors (Lipinski definition) is 3. The van der Waals surface area contributed by atoms with Gasteiger partial charge in [-0.05, 0) is 17.5 Å². The summed E-state index contributed by atoms with van der Waals surface area (Å²) in [4.78, 5) is 13.5. The number of rotatable bonds is 8. The van der Waals surface area contributed by atoms with Crippen LogP contribution in [-0.4, -0.2) is 29.1 Å². The fourth-order valence-electron chi connectivity index (χ4n) is 2.36. The zero-order valence-corrected chi connectivity index (χ0v) is 12.6. The van der Waals surface area contributed by atoms with Crippen molar-refractivity contribution in [2.75, 3.05) is 13.1 Å². The average molecular weight is 298 g/mol. The molecule has 22 heavy (non-hydrogen) atoms. The number of hydroxylamine groups is 1. The number of carbonyl (C=O) groups excluding carboxylic acids is 1. The number of amides is 1. The van der Waals surface area contributed by atoms with Crippen molar-refractivity contribution in [2.24, 2.45) is 0 Å². The summed E-state index contributed by atoms with van der Waals surface area (Å²) < 4.78 is 0. The molecule has 2 rings (SSSR count). The molecule has 0 aliphatic carbocycles. The normalized spacial score (nSPS) is 10.6. The highest BCUT2D eigenvalue weighted by molar-refractivity contribution is 5.74. The van der Waals surface area contributed by atoms with Gasteiger partial charge in [-0.2, -0.15) is 0 Å². The number of carbonyl (C=O) groups is 1. The first-order valence-electron chi connectivity index (χ1n) is 7.51.